The van der Waals surface area contributed by atoms with Gasteiger partial charge in [0.2, 0.25) is 0 Å². The molecule has 0 aromatic heterocycles. The molecule has 118 valence electrons. The molecule has 22 heavy (non-hydrogen) atoms. The van der Waals surface area contributed by atoms with Gasteiger partial charge in [0.1, 0.15) is 5.75 Å². The van der Waals surface area contributed by atoms with Crippen molar-refractivity contribution in [1.29, 1.82) is 0 Å². The average Bonchev–Trinajstić information content (AvgIpc) is 3.12. The standard InChI is InChI=1S/C17H21NO4/c19-14-6-12-8-18(9-13(12)7-15(14)20)17(21)11-1-2-16-10(5-11)3-4-22-16/h1-2,5,12-15,19-20H,3-4,6-9H2. The topological polar surface area (TPSA) is 70.0 Å². The average molecular weight is 303 g/mol. The van der Waals surface area contributed by atoms with Crippen LogP contribution in [0.3, 0.4) is 0 Å². The maximum Gasteiger partial charge on any atom is 0.253 e. The van der Waals surface area contributed by atoms with Crippen molar-refractivity contribution in [1.82, 2.24) is 4.90 Å². The third kappa shape index (κ3) is 2.29. The molecule has 5 nitrogen and oxygen atoms in total. The number of benzene rings is 1. The lowest BCUT2D eigenvalue weighted by Crippen LogP contribution is -2.38. The van der Waals surface area contributed by atoms with Gasteiger partial charge in [0, 0.05) is 25.1 Å². The van der Waals surface area contributed by atoms with Crippen molar-refractivity contribution in [2.24, 2.45) is 11.8 Å². The Hall–Kier alpha value is -1.59. The van der Waals surface area contributed by atoms with Crippen LogP contribution >= 0.6 is 0 Å². The molecule has 2 N–H and O–H groups in total. The molecule has 4 unspecified atom stereocenters. The first-order valence-electron chi connectivity index (χ1n) is 8.03. The van der Waals surface area contributed by atoms with E-state index in [0.717, 1.165) is 17.7 Å². The molecule has 2 heterocycles. The minimum absolute atomic E-state index is 0.0491. The normalized spacial score (nSPS) is 33.3. The Labute approximate surface area is 129 Å². The first-order valence-corrected chi connectivity index (χ1v) is 8.03. The number of ether oxygens (including phenoxy) is 1. The maximum absolute atomic E-state index is 12.7. The quantitative estimate of drug-likeness (QED) is 0.806. The van der Waals surface area contributed by atoms with Gasteiger partial charge in [-0.1, -0.05) is 0 Å². The number of fused-ring (bicyclic) bond motifs is 2. The van der Waals surface area contributed by atoms with E-state index in [-0.39, 0.29) is 5.91 Å². The van der Waals surface area contributed by atoms with Crippen LogP contribution in [0.5, 0.6) is 5.75 Å². The van der Waals surface area contributed by atoms with Crippen LogP contribution in [0.15, 0.2) is 18.2 Å². The van der Waals surface area contributed by atoms with Gasteiger partial charge in [-0.25, -0.2) is 0 Å². The van der Waals surface area contributed by atoms with Crippen LogP contribution in [0, 0.1) is 11.8 Å². The van der Waals surface area contributed by atoms with E-state index in [1.54, 1.807) is 0 Å². The first-order chi connectivity index (χ1) is 10.6. The first kappa shape index (κ1) is 14.0. The van der Waals surface area contributed by atoms with Gasteiger partial charge in [-0.3, -0.25) is 4.79 Å². The van der Waals surface area contributed by atoms with Gasteiger partial charge in [-0.15, -0.1) is 0 Å². The molecule has 1 aliphatic carbocycles. The van der Waals surface area contributed by atoms with E-state index in [1.807, 2.05) is 23.1 Å². The fourth-order valence-corrected chi connectivity index (χ4v) is 4.08. The van der Waals surface area contributed by atoms with Crippen molar-refractivity contribution >= 4 is 5.91 Å². The van der Waals surface area contributed by atoms with E-state index >= 15 is 0 Å². The Morgan fingerprint density at radius 2 is 1.82 bits per heavy atom. The van der Waals surface area contributed by atoms with Crippen LogP contribution in [0.1, 0.15) is 28.8 Å². The molecule has 1 aromatic rings. The largest absolute Gasteiger partial charge is 0.493 e. The summed E-state index contributed by atoms with van der Waals surface area (Å²) in [6, 6.07) is 5.65. The number of carbonyl (C=O) groups is 1. The van der Waals surface area contributed by atoms with Crippen molar-refractivity contribution in [3.8, 4) is 5.75 Å². The highest BCUT2D eigenvalue weighted by Crippen LogP contribution is 2.37. The van der Waals surface area contributed by atoms with E-state index in [0.29, 0.717) is 49.9 Å². The number of amides is 1. The van der Waals surface area contributed by atoms with E-state index in [9.17, 15) is 15.0 Å². The Balaban J connectivity index is 1.50. The van der Waals surface area contributed by atoms with Crippen molar-refractivity contribution in [2.45, 2.75) is 31.5 Å². The second-order valence-corrected chi connectivity index (χ2v) is 6.76. The van der Waals surface area contributed by atoms with E-state index < -0.39 is 12.2 Å². The minimum atomic E-state index is -0.645. The lowest BCUT2D eigenvalue weighted by molar-refractivity contribution is -0.0372. The molecular weight excluding hydrogens is 282 g/mol. The number of aliphatic hydroxyl groups is 2. The molecule has 5 heteroatoms. The Morgan fingerprint density at radius 1 is 1.14 bits per heavy atom. The summed E-state index contributed by atoms with van der Waals surface area (Å²) in [5.41, 5.74) is 1.82. The van der Waals surface area contributed by atoms with Gasteiger partial charge in [-0.2, -0.15) is 0 Å². The van der Waals surface area contributed by atoms with E-state index in [2.05, 4.69) is 0 Å². The van der Waals surface area contributed by atoms with Crippen molar-refractivity contribution < 1.29 is 19.7 Å². The van der Waals surface area contributed by atoms with Gasteiger partial charge in [0.15, 0.2) is 0 Å². The smallest absolute Gasteiger partial charge is 0.253 e. The summed E-state index contributed by atoms with van der Waals surface area (Å²) in [4.78, 5) is 14.6. The monoisotopic (exact) mass is 303 g/mol. The van der Waals surface area contributed by atoms with Crippen LogP contribution in [0.2, 0.25) is 0 Å². The summed E-state index contributed by atoms with van der Waals surface area (Å²) < 4.78 is 5.48. The number of carbonyl (C=O) groups excluding carboxylic acids is 1. The maximum atomic E-state index is 12.7. The van der Waals surface area contributed by atoms with E-state index in [1.165, 1.54) is 0 Å². The zero-order valence-corrected chi connectivity index (χ0v) is 12.4. The number of likely N-dealkylation sites (tertiary alicyclic amines) is 1. The molecule has 1 amide bonds. The summed E-state index contributed by atoms with van der Waals surface area (Å²) in [6.07, 6.45) is 0.753. The third-order valence-electron chi connectivity index (χ3n) is 5.33. The van der Waals surface area contributed by atoms with Crippen LogP contribution in [-0.2, 0) is 6.42 Å². The van der Waals surface area contributed by atoms with E-state index in [4.69, 9.17) is 4.74 Å². The lowest BCUT2D eigenvalue weighted by atomic mass is 9.79. The zero-order chi connectivity index (χ0) is 15.3. The molecule has 0 radical (unpaired) electrons. The fourth-order valence-electron chi connectivity index (χ4n) is 4.08. The summed E-state index contributed by atoms with van der Waals surface area (Å²) in [5, 5.41) is 19.6. The second kappa shape index (κ2) is 5.25. The molecule has 1 saturated carbocycles. The van der Waals surface area contributed by atoms with Crippen molar-refractivity contribution in [2.75, 3.05) is 19.7 Å². The Morgan fingerprint density at radius 3 is 2.50 bits per heavy atom. The molecule has 4 atom stereocenters. The minimum Gasteiger partial charge on any atom is -0.493 e. The summed E-state index contributed by atoms with van der Waals surface area (Å²) >= 11 is 0. The van der Waals surface area contributed by atoms with Gasteiger partial charge in [0.25, 0.3) is 5.91 Å². The summed E-state index contributed by atoms with van der Waals surface area (Å²) in [7, 11) is 0. The van der Waals surface area contributed by atoms with Crippen molar-refractivity contribution in [3.05, 3.63) is 29.3 Å². The van der Waals surface area contributed by atoms with Gasteiger partial charge < -0.3 is 19.8 Å². The zero-order valence-electron chi connectivity index (χ0n) is 12.4. The number of nitrogens with zero attached hydrogens (tertiary/aromatic N) is 1. The number of rotatable bonds is 1. The van der Waals surface area contributed by atoms with Gasteiger partial charge in [0.05, 0.1) is 18.8 Å². The highest BCUT2D eigenvalue weighted by atomic mass is 16.5. The van der Waals surface area contributed by atoms with Gasteiger partial charge in [-0.05, 0) is 48.4 Å². The molecule has 4 rings (SSSR count). The predicted molar refractivity (Wildman–Crippen MR) is 79.8 cm³/mol. The molecule has 1 aromatic carbocycles. The number of aliphatic hydroxyl groups excluding tert-OH is 2. The highest BCUT2D eigenvalue weighted by Gasteiger charge is 2.42. The summed E-state index contributed by atoms with van der Waals surface area (Å²) in [6.45, 7) is 2.05. The predicted octanol–water partition coefficient (Wildman–Crippen LogP) is 0.825. The van der Waals surface area contributed by atoms with Crippen LogP contribution in [0.4, 0.5) is 0 Å². The Kier molecular flexibility index (Phi) is 3.35. The highest BCUT2D eigenvalue weighted by molar-refractivity contribution is 5.95. The van der Waals surface area contributed by atoms with Crippen LogP contribution in [-0.4, -0.2) is 52.9 Å². The Bertz CT molecular complexity index is 584. The third-order valence-corrected chi connectivity index (χ3v) is 5.33. The molecule has 0 bridgehead atoms. The molecule has 2 aliphatic heterocycles. The molecule has 2 fully saturated rings. The second-order valence-electron chi connectivity index (χ2n) is 6.76. The molecule has 3 aliphatic rings. The molecule has 1 saturated heterocycles. The van der Waals surface area contributed by atoms with Crippen molar-refractivity contribution in [3.63, 3.8) is 0 Å². The van der Waals surface area contributed by atoms with Crippen LogP contribution < -0.4 is 4.74 Å². The lowest BCUT2D eigenvalue weighted by Gasteiger charge is -2.31. The van der Waals surface area contributed by atoms with Gasteiger partial charge >= 0.3 is 0 Å². The molecular formula is C17H21NO4. The molecule has 0 spiro atoms. The summed E-state index contributed by atoms with van der Waals surface area (Å²) in [5.74, 6) is 1.55. The van der Waals surface area contributed by atoms with Crippen LogP contribution in [0.25, 0.3) is 0 Å². The number of hydrogen-bond donors (Lipinski definition) is 2. The number of hydrogen-bond acceptors (Lipinski definition) is 4. The SMILES string of the molecule is O=C(c1ccc2c(c1)CCO2)N1CC2CC(O)C(O)CC2C1. The fraction of sp³-hybridized carbons (Fsp3) is 0.588.